The lowest BCUT2D eigenvalue weighted by Gasteiger charge is -2.37. The summed E-state index contributed by atoms with van der Waals surface area (Å²) in [6.45, 7) is 0.610. The minimum atomic E-state index is -0.464. The quantitative estimate of drug-likeness (QED) is 0.535. The standard InChI is InChI=1S/C25H26FN3O4S/c1-32-20-12-17-9-10-29(24(22-4-3-11-34-22)19(17)13-21(20)33-2)23(30)15-28-25(31)27-14-16-5-7-18(26)8-6-16/h3-8,11-13,24H,9-10,14-15H2,1-2H3,(H2,27,28,31). The number of halogens is 1. The third-order valence-corrected chi connectivity index (χ3v) is 6.70. The molecule has 34 heavy (non-hydrogen) atoms. The number of carbonyl (C=O) groups excluding carboxylic acids is 2. The van der Waals surface area contributed by atoms with E-state index in [4.69, 9.17) is 9.47 Å². The predicted molar refractivity (Wildman–Crippen MR) is 128 cm³/mol. The number of rotatable bonds is 7. The van der Waals surface area contributed by atoms with Crippen molar-refractivity contribution in [3.8, 4) is 11.5 Å². The minimum Gasteiger partial charge on any atom is -0.493 e. The van der Waals surface area contributed by atoms with Gasteiger partial charge >= 0.3 is 6.03 Å². The van der Waals surface area contributed by atoms with Crippen LogP contribution in [-0.2, 0) is 17.8 Å². The molecular weight excluding hydrogens is 457 g/mol. The van der Waals surface area contributed by atoms with Crippen LogP contribution in [0.1, 0.15) is 27.6 Å². The highest BCUT2D eigenvalue weighted by molar-refractivity contribution is 7.10. The molecule has 0 saturated heterocycles. The predicted octanol–water partition coefficient (Wildman–Crippen LogP) is 3.88. The van der Waals surface area contributed by atoms with E-state index in [0.29, 0.717) is 24.5 Å². The molecule has 7 nitrogen and oxygen atoms in total. The number of nitrogens with zero attached hydrogens (tertiary/aromatic N) is 1. The van der Waals surface area contributed by atoms with Gasteiger partial charge in [-0.05, 0) is 58.8 Å². The summed E-state index contributed by atoms with van der Waals surface area (Å²) in [7, 11) is 3.19. The molecule has 3 aromatic rings. The van der Waals surface area contributed by atoms with Gasteiger partial charge in [0.1, 0.15) is 5.82 Å². The lowest BCUT2D eigenvalue weighted by Crippen LogP contribution is -2.47. The molecule has 178 valence electrons. The highest BCUT2D eigenvalue weighted by Gasteiger charge is 2.34. The number of fused-ring (bicyclic) bond motifs is 1. The first-order valence-corrected chi connectivity index (χ1v) is 11.7. The molecule has 0 bridgehead atoms. The van der Waals surface area contributed by atoms with E-state index in [9.17, 15) is 14.0 Å². The van der Waals surface area contributed by atoms with Crippen molar-refractivity contribution in [1.82, 2.24) is 15.5 Å². The minimum absolute atomic E-state index is 0.139. The summed E-state index contributed by atoms with van der Waals surface area (Å²) in [6.07, 6.45) is 0.667. The van der Waals surface area contributed by atoms with Gasteiger partial charge in [-0.1, -0.05) is 18.2 Å². The summed E-state index contributed by atoms with van der Waals surface area (Å²) in [4.78, 5) is 28.3. The highest BCUT2D eigenvalue weighted by Crippen LogP contribution is 2.42. The summed E-state index contributed by atoms with van der Waals surface area (Å²) in [5, 5.41) is 7.30. The molecule has 1 aliphatic rings. The van der Waals surface area contributed by atoms with Gasteiger partial charge in [0.05, 0.1) is 26.8 Å². The number of amides is 3. The number of hydrogen-bond donors (Lipinski definition) is 2. The van der Waals surface area contributed by atoms with Crippen molar-refractivity contribution in [2.75, 3.05) is 27.3 Å². The van der Waals surface area contributed by atoms with Gasteiger partial charge in [-0.2, -0.15) is 0 Å². The number of carbonyl (C=O) groups is 2. The van der Waals surface area contributed by atoms with Crippen molar-refractivity contribution in [2.45, 2.75) is 19.0 Å². The topological polar surface area (TPSA) is 79.9 Å². The van der Waals surface area contributed by atoms with E-state index in [2.05, 4.69) is 10.6 Å². The van der Waals surface area contributed by atoms with Gasteiger partial charge in [-0.3, -0.25) is 4.79 Å². The molecule has 2 heterocycles. The highest BCUT2D eigenvalue weighted by atomic mass is 32.1. The maximum Gasteiger partial charge on any atom is 0.315 e. The van der Waals surface area contributed by atoms with Crippen LogP contribution < -0.4 is 20.1 Å². The van der Waals surface area contributed by atoms with E-state index >= 15 is 0 Å². The molecule has 1 aromatic heterocycles. The molecule has 0 fully saturated rings. The van der Waals surface area contributed by atoms with Gasteiger partial charge < -0.3 is 25.0 Å². The van der Waals surface area contributed by atoms with Gasteiger partial charge in [0.15, 0.2) is 11.5 Å². The van der Waals surface area contributed by atoms with Gasteiger partial charge in [0.25, 0.3) is 0 Å². The Morgan fingerprint density at radius 2 is 1.82 bits per heavy atom. The number of urea groups is 1. The first-order valence-electron chi connectivity index (χ1n) is 10.8. The van der Waals surface area contributed by atoms with Gasteiger partial charge in [0, 0.05) is 18.0 Å². The number of thiophene rings is 1. The third-order valence-electron chi connectivity index (χ3n) is 5.77. The van der Waals surface area contributed by atoms with Crippen LogP contribution in [0.3, 0.4) is 0 Å². The fraction of sp³-hybridized carbons (Fsp3) is 0.280. The first-order chi connectivity index (χ1) is 16.5. The average molecular weight is 484 g/mol. The maximum atomic E-state index is 13.2. The Labute approximate surface area is 201 Å². The van der Waals surface area contributed by atoms with Crippen LogP contribution in [0.2, 0.25) is 0 Å². The van der Waals surface area contributed by atoms with Crippen LogP contribution in [0.15, 0.2) is 53.9 Å². The zero-order valence-electron chi connectivity index (χ0n) is 19.0. The summed E-state index contributed by atoms with van der Waals surface area (Å²) in [5.41, 5.74) is 2.85. The number of ether oxygens (including phenoxy) is 2. The Morgan fingerprint density at radius 3 is 2.50 bits per heavy atom. The summed E-state index contributed by atoms with van der Waals surface area (Å²) >= 11 is 1.58. The summed E-state index contributed by atoms with van der Waals surface area (Å²) in [5.74, 6) is 0.745. The van der Waals surface area contributed by atoms with Gasteiger partial charge in [-0.25, -0.2) is 9.18 Å². The molecule has 1 unspecified atom stereocenters. The molecule has 0 aliphatic carbocycles. The molecule has 1 atom stereocenters. The molecule has 3 amide bonds. The van der Waals surface area contributed by atoms with Gasteiger partial charge in [0.2, 0.25) is 5.91 Å². The van der Waals surface area contributed by atoms with Crippen molar-refractivity contribution in [2.24, 2.45) is 0 Å². The van der Waals surface area contributed by atoms with E-state index in [1.165, 1.54) is 12.1 Å². The third kappa shape index (κ3) is 5.14. The summed E-state index contributed by atoms with van der Waals surface area (Å²) in [6, 6.07) is 13.0. The summed E-state index contributed by atoms with van der Waals surface area (Å²) < 4.78 is 24.0. The maximum absolute atomic E-state index is 13.2. The van der Waals surface area contributed by atoms with Crippen LogP contribution >= 0.6 is 11.3 Å². The second-order valence-electron chi connectivity index (χ2n) is 7.82. The van der Waals surface area contributed by atoms with Crippen molar-refractivity contribution in [3.63, 3.8) is 0 Å². The number of hydrogen-bond acceptors (Lipinski definition) is 5. The smallest absolute Gasteiger partial charge is 0.315 e. The Balaban J connectivity index is 1.46. The number of nitrogens with one attached hydrogen (secondary N) is 2. The van der Waals surface area contributed by atoms with Crippen LogP contribution in [0.25, 0.3) is 0 Å². The second-order valence-corrected chi connectivity index (χ2v) is 8.80. The fourth-order valence-corrected chi connectivity index (χ4v) is 4.93. The Hall–Kier alpha value is -3.59. The van der Waals surface area contributed by atoms with Crippen LogP contribution in [0, 0.1) is 5.82 Å². The molecule has 0 saturated carbocycles. The SMILES string of the molecule is COc1cc2c(cc1OC)C(c1cccs1)N(C(=O)CNC(=O)NCc1ccc(F)cc1)CC2. The van der Waals surface area contributed by atoms with Crippen molar-refractivity contribution in [1.29, 1.82) is 0 Å². The van der Waals surface area contributed by atoms with E-state index in [0.717, 1.165) is 21.6 Å². The molecule has 2 aromatic carbocycles. The van der Waals surface area contributed by atoms with Crippen LogP contribution in [0.4, 0.5) is 9.18 Å². The zero-order chi connectivity index (χ0) is 24.1. The van der Waals surface area contributed by atoms with Crippen LogP contribution in [0.5, 0.6) is 11.5 Å². The molecule has 1 aliphatic heterocycles. The van der Waals surface area contributed by atoms with E-state index in [1.54, 1.807) is 42.6 Å². The molecule has 4 rings (SSSR count). The average Bonchev–Trinajstić information content (AvgIpc) is 3.39. The molecule has 2 N–H and O–H groups in total. The normalized spacial score (nSPS) is 14.8. The molecular formula is C25H26FN3O4S. The zero-order valence-corrected chi connectivity index (χ0v) is 19.8. The van der Waals surface area contributed by atoms with Crippen LogP contribution in [-0.4, -0.2) is 44.1 Å². The second kappa shape index (κ2) is 10.6. The van der Waals surface area contributed by atoms with Crippen molar-refractivity contribution in [3.05, 3.63) is 81.3 Å². The molecule has 0 spiro atoms. The van der Waals surface area contributed by atoms with E-state index < -0.39 is 6.03 Å². The Bertz CT molecular complexity index is 1150. The number of benzene rings is 2. The largest absolute Gasteiger partial charge is 0.493 e. The first kappa shape index (κ1) is 23.6. The van der Waals surface area contributed by atoms with Crippen molar-refractivity contribution < 1.29 is 23.5 Å². The molecule has 9 heteroatoms. The number of methoxy groups -OCH3 is 2. The van der Waals surface area contributed by atoms with E-state index in [-0.39, 0.29) is 30.9 Å². The monoisotopic (exact) mass is 483 g/mol. The van der Waals surface area contributed by atoms with Gasteiger partial charge in [-0.15, -0.1) is 11.3 Å². The Kier molecular flexibility index (Phi) is 7.32. The molecule has 0 radical (unpaired) electrons. The van der Waals surface area contributed by atoms with E-state index in [1.807, 2.05) is 29.6 Å². The Morgan fingerprint density at radius 1 is 1.09 bits per heavy atom. The lowest BCUT2D eigenvalue weighted by molar-refractivity contribution is -0.132. The fourth-order valence-electron chi connectivity index (χ4n) is 4.07. The lowest BCUT2D eigenvalue weighted by atomic mass is 9.90. The van der Waals surface area contributed by atoms with Crippen molar-refractivity contribution >= 4 is 23.3 Å².